The highest BCUT2D eigenvalue weighted by Gasteiger charge is 2.40. The molecule has 8 nitrogen and oxygen atoms in total. The summed E-state index contributed by atoms with van der Waals surface area (Å²) in [5.74, 6) is -2.15. The second-order valence-corrected chi connectivity index (χ2v) is 6.89. The number of rotatable bonds is 5. The van der Waals surface area contributed by atoms with Crippen molar-refractivity contribution in [3.05, 3.63) is 29.3 Å². The number of benzene rings is 1. The van der Waals surface area contributed by atoms with E-state index in [4.69, 9.17) is 5.11 Å². The van der Waals surface area contributed by atoms with Gasteiger partial charge in [0.15, 0.2) is 0 Å². The molecule has 1 aromatic carbocycles. The number of hydrogen-bond acceptors (Lipinski definition) is 5. The van der Waals surface area contributed by atoms with Crippen LogP contribution in [0.5, 0.6) is 0 Å². The van der Waals surface area contributed by atoms with Gasteiger partial charge in [0.2, 0.25) is 0 Å². The molecule has 1 N–H and O–H groups in total. The fraction of sp³-hybridized carbons (Fsp3) is 0.357. The van der Waals surface area contributed by atoms with Gasteiger partial charge < -0.3 is 10.0 Å². The molecule has 2 rings (SSSR count). The molecule has 0 saturated heterocycles. The molecule has 0 spiro atoms. The molecular weight excluding hydrogens is 324 g/mol. The lowest BCUT2D eigenvalue weighted by atomic mass is 10.1. The van der Waals surface area contributed by atoms with E-state index in [9.17, 15) is 22.8 Å². The molecule has 1 heterocycles. The van der Waals surface area contributed by atoms with Crippen LogP contribution in [-0.4, -0.2) is 60.7 Å². The molecule has 9 heteroatoms. The number of carboxylic acid groups (broad SMARTS) is 1. The molecule has 0 aliphatic carbocycles. The smallest absolute Gasteiger partial charge is 0.305 e. The summed E-state index contributed by atoms with van der Waals surface area (Å²) in [4.78, 5) is 35.8. The number of fused-ring (bicyclic) bond motifs is 1. The van der Waals surface area contributed by atoms with Gasteiger partial charge in [-0.15, -0.1) is 0 Å². The monoisotopic (exact) mass is 340 g/mol. The van der Waals surface area contributed by atoms with Crippen LogP contribution in [0.25, 0.3) is 0 Å². The molecule has 2 amide bonds. The first-order valence-corrected chi connectivity index (χ1v) is 8.32. The van der Waals surface area contributed by atoms with Gasteiger partial charge in [0, 0.05) is 25.7 Å². The molecule has 0 fully saturated rings. The highest BCUT2D eigenvalue weighted by Crippen LogP contribution is 2.30. The number of carboxylic acids is 1. The average molecular weight is 340 g/mol. The quantitative estimate of drug-likeness (QED) is 0.830. The van der Waals surface area contributed by atoms with Gasteiger partial charge in [-0.05, 0) is 25.1 Å². The van der Waals surface area contributed by atoms with Crippen molar-refractivity contribution in [2.24, 2.45) is 0 Å². The summed E-state index contributed by atoms with van der Waals surface area (Å²) in [5.41, 5.74) is 0.127. The summed E-state index contributed by atoms with van der Waals surface area (Å²) in [6.07, 6.45) is -0.215. The SMILES string of the molecule is CCN1C(=O)c2ccc(C(=O)N(C)CCC(=O)O)cc2S1(=O)=O. The van der Waals surface area contributed by atoms with Crippen molar-refractivity contribution in [3.63, 3.8) is 0 Å². The van der Waals surface area contributed by atoms with E-state index in [-0.39, 0.29) is 35.5 Å². The predicted octanol–water partition coefficient (Wildman–Crippen LogP) is 0.398. The Morgan fingerprint density at radius 2 is 1.96 bits per heavy atom. The van der Waals surface area contributed by atoms with E-state index in [1.54, 1.807) is 6.92 Å². The van der Waals surface area contributed by atoms with E-state index in [2.05, 4.69) is 0 Å². The third kappa shape index (κ3) is 2.91. The van der Waals surface area contributed by atoms with Crippen LogP contribution in [0.4, 0.5) is 0 Å². The lowest BCUT2D eigenvalue weighted by Gasteiger charge is -2.16. The maximum atomic E-state index is 12.3. The van der Waals surface area contributed by atoms with Crippen molar-refractivity contribution < 1.29 is 27.9 Å². The Morgan fingerprint density at radius 1 is 1.30 bits per heavy atom. The molecule has 0 saturated carbocycles. The van der Waals surface area contributed by atoms with Crippen molar-refractivity contribution >= 4 is 27.8 Å². The Hall–Kier alpha value is -2.42. The largest absolute Gasteiger partial charge is 0.481 e. The Labute approximate surface area is 133 Å². The van der Waals surface area contributed by atoms with Crippen molar-refractivity contribution in [1.82, 2.24) is 9.21 Å². The molecule has 1 aliphatic rings. The zero-order valence-corrected chi connectivity index (χ0v) is 13.5. The summed E-state index contributed by atoms with van der Waals surface area (Å²) in [7, 11) is -2.51. The van der Waals surface area contributed by atoms with Crippen LogP contribution in [0.1, 0.15) is 34.1 Å². The average Bonchev–Trinajstić information content (AvgIpc) is 2.70. The van der Waals surface area contributed by atoms with Crippen molar-refractivity contribution in [1.29, 1.82) is 0 Å². The van der Waals surface area contributed by atoms with E-state index >= 15 is 0 Å². The minimum Gasteiger partial charge on any atom is -0.481 e. The van der Waals surface area contributed by atoms with Crippen LogP contribution in [0.2, 0.25) is 0 Å². The Morgan fingerprint density at radius 3 is 2.52 bits per heavy atom. The second-order valence-electron chi connectivity index (χ2n) is 5.06. The maximum absolute atomic E-state index is 12.3. The first-order chi connectivity index (χ1) is 10.7. The third-order valence-corrected chi connectivity index (χ3v) is 5.45. The third-order valence-electron chi connectivity index (χ3n) is 3.55. The van der Waals surface area contributed by atoms with Crippen LogP contribution in [0.3, 0.4) is 0 Å². The zero-order valence-electron chi connectivity index (χ0n) is 12.6. The zero-order chi connectivity index (χ0) is 17.4. The lowest BCUT2D eigenvalue weighted by molar-refractivity contribution is -0.137. The summed E-state index contributed by atoms with van der Waals surface area (Å²) in [6.45, 7) is 1.56. The molecule has 124 valence electrons. The predicted molar refractivity (Wildman–Crippen MR) is 79.6 cm³/mol. The Balaban J connectivity index is 2.35. The van der Waals surface area contributed by atoms with E-state index < -0.39 is 27.8 Å². The van der Waals surface area contributed by atoms with E-state index in [1.807, 2.05) is 0 Å². The molecule has 0 bridgehead atoms. The number of carbonyl (C=O) groups is 3. The highest BCUT2D eigenvalue weighted by atomic mass is 32.2. The number of carbonyl (C=O) groups excluding carboxylic acids is 2. The molecule has 0 unspecified atom stereocenters. The summed E-state index contributed by atoms with van der Waals surface area (Å²) >= 11 is 0. The van der Waals surface area contributed by atoms with Crippen molar-refractivity contribution in [2.45, 2.75) is 18.2 Å². The Kier molecular flexibility index (Phi) is 4.42. The van der Waals surface area contributed by atoms with Crippen LogP contribution >= 0.6 is 0 Å². The first-order valence-electron chi connectivity index (χ1n) is 6.88. The fourth-order valence-electron chi connectivity index (χ4n) is 2.31. The molecule has 0 atom stereocenters. The molecule has 0 aromatic heterocycles. The second kappa shape index (κ2) is 5.99. The van der Waals surface area contributed by atoms with Gasteiger partial charge in [0.1, 0.15) is 4.90 Å². The van der Waals surface area contributed by atoms with Gasteiger partial charge in [0.05, 0.1) is 12.0 Å². The number of sulfonamides is 1. The Bertz CT molecular complexity index is 786. The molecule has 23 heavy (non-hydrogen) atoms. The molecular formula is C14H16N2O6S. The summed E-state index contributed by atoms with van der Waals surface area (Å²) in [5, 5.41) is 8.64. The summed E-state index contributed by atoms with van der Waals surface area (Å²) in [6, 6.07) is 3.84. The minimum absolute atomic E-state index is 0.00197. The molecule has 1 aliphatic heterocycles. The topological polar surface area (TPSA) is 112 Å². The number of amides is 2. The van der Waals surface area contributed by atoms with Gasteiger partial charge in [-0.2, -0.15) is 0 Å². The van der Waals surface area contributed by atoms with Gasteiger partial charge in [-0.25, -0.2) is 12.7 Å². The van der Waals surface area contributed by atoms with Crippen LogP contribution in [-0.2, 0) is 14.8 Å². The standard InChI is InChI=1S/C14H16N2O6S/c1-3-16-14(20)10-5-4-9(8-11(10)23(16,21)22)13(19)15(2)7-6-12(17)18/h4-5,8H,3,6-7H2,1-2H3,(H,17,18). The van der Waals surface area contributed by atoms with Crippen molar-refractivity contribution in [3.8, 4) is 0 Å². The van der Waals surface area contributed by atoms with E-state index in [0.29, 0.717) is 0 Å². The van der Waals surface area contributed by atoms with Gasteiger partial charge >= 0.3 is 5.97 Å². The normalized spacial score (nSPS) is 15.4. The number of aliphatic carboxylic acids is 1. The highest BCUT2D eigenvalue weighted by molar-refractivity contribution is 7.90. The molecule has 0 radical (unpaired) electrons. The van der Waals surface area contributed by atoms with Crippen LogP contribution in [0, 0.1) is 0 Å². The lowest BCUT2D eigenvalue weighted by Crippen LogP contribution is -2.29. The number of nitrogens with zero attached hydrogens (tertiary/aromatic N) is 2. The van der Waals surface area contributed by atoms with E-state index in [0.717, 1.165) is 10.4 Å². The van der Waals surface area contributed by atoms with Crippen LogP contribution < -0.4 is 0 Å². The van der Waals surface area contributed by atoms with Crippen molar-refractivity contribution in [2.75, 3.05) is 20.1 Å². The van der Waals surface area contributed by atoms with Gasteiger partial charge in [0.25, 0.3) is 21.8 Å². The first kappa shape index (κ1) is 16.9. The minimum atomic E-state index is -3.93. The fourth-order valence-corrected chi connectivity index (χ4v) is 3.91. The van der Waals surface area contributed by atoms with Crippen LogP contribution in [0.15, 0.2) is 23.1 Å². The maximum Gasteiger partial charge on any atom is 0.305 e. The summed E-state index contributed by atoms with van der Waals surface area (Å²) < 4.78 is 25.3. The number of hydrogen-bond donors (Lipinski definition) is 1. The molecule has 1 aromatic rings. The van der Waals surface area contributed by atoms with E-state index in [1.165, 1.54) is 24.1 Å². The van der Waals surface area contributed by atoms with Gasteiger partial charge in [-0.3, -0.25) is 14.4 Å². The van der Waals surface area contributed by atoms with Gasteiger partial charge in [-0.1, -0.05) is 0 Å².